The van der Waals surface area contributed by atoms with Crippen LogP contribution < -0.4 is 14.8 Å². The maximum Gasteiger partial charge on any atom is 0.392 e. The molecule has 1 aliphatic carbocycles. The SMILES string of the molecule is [2H]C1([2H])Oc2ccc([C@@H](CNc3cc([C@@H](CC(=O)O)C4CC4)ccc3Cl)[C@@H](C)C(F)(F)F)cc2O1. The highest BCUT2D eigenvalue weighted by Crippen LogP contribution is 2.46. The Morgan fingerprint density at radius 3 is 2.58 bits per heavy atom. The number of hydrogen-bond acceptors (Lipinski definition) is 4. The molecule has 1 aliphatic heterocycles. The van der Waals surface area contributed by atoms with Crippen LogP contribution in [-0.4, -0.2) is 30.5 Å². The Hall–Kier alpha value is -2.61. The van der Waals surface area contributed by atoms with Gasteiger partial charge in [0.1, 0.15) is 2.74 Å². The predicted octanol–water partition coefficient (Wildman–Crippen LogP) is 6.43. The summed E-state index contributed by atoms with van der Waals surface area (Å²) in [7, 11) is 0. The van der Waals surface area contributed by atoms with Gasteiger partial charge in [0.15, 0.2) is 11.5 Å². The standard InChI is InChI=1S/C24H25ClF3NO4/c1-13(24(26,27)28)18(16-5-7-21-22(9-16)33-12-32-21)11-29-20-8-15(4-6-19(20)25)17(10-23(30)31)14-2-3-14/h4-9,13-14,17-18,29H,2-3,10-12H2,1H3,(H,30,31)/t13-,17+,18+/m1/s1/i12D2. The van der Waals surface area contributed by atoms with Crippen LogP contribution in [0.3, 0.4) is 0 Å². The fourth-order valence-electron chi connectivity index (χ4n) is 4.21. The number of carbonyl (C=O) groups is 1. The van der Waals surface area contributed by atoms with Crippen molar-refractivity contribution in [3.05, 3.63) is 52.5 Å². The van der Waals surface area contributed by atoms with E-state index in [1.807, 2.05) is 0 Å². The fourth-order valence-corrected chi connectivity index (χ4v) is 4.40. The third-order valence-electron chi connectivity index (χ3n) is 6.34. The molecule has 9 heteroatoms. The second-order valence-electron chi connectivity index (χ2n) is 8.59. The molecule has 5 nitrogen and oxygen atoms in total. The van der Waals surface area contributed by atoms with Gasteiger partial charge in [0.05, 0.1) is 23.0 Å². The lowest BCUT2D eigenvalue weighted by Gasteiger charge is -2.28. The number of ether oxygens (including phenoxy) is 2. The Balaban J connectivity index is 1.59. The summed E-state index contributed by atoms with van der Waals surface area (Å²) in [6.07, 6.45) is -2.63. The molecule has 2 aromatic rings. The van der Waals surface area contributed by atoms with Gasteiger partial charge in [-0.15, -0.1) is 0 Å². The minimum atomic E-state index is -4.48. The second-order valence-corrected chi connectivity index (χ2v) is 9.00. The average Bonchev–Trinajstić information content (AvgIpc) is 3.54. The second kappa shape index (κ2) is 9.33. The maximum atomic E-state index is 13.7. The number of alkyl halides is 3. The van der Waals surface area contributed by atoms with Gasteiger partial charge in [0.25, 0.3) is 0 Å². The Morgan fingerprint density at radius 2 is 1.91 bits per heavy atom. The van der Waals surface area contributed by atoms with Gasteiger partial charge in [-0.3, -0.25) is 4.79 Å². The fraction of sp³-hybridized carbons (Fsp3) is 0.458. The zero-order valence-corrected chi connectivity index (χ0v) is 18.5. The number of nitrogens with one attached hydrogen (secondary N) is 1. The Kier molecular flexibility index (Phi) is 5.93. The summed E-state index contributed by atoms with van der Waals surface area (Å²) in [5.74, 6) is -3.45. The Bertz CT molecular complexity index is 1110. The Morgan fingerprint density at radius 1 is 1.21 bits per heavy atom. The van der Waals surface area contributed by atoms with Crippen molar-refractivity contribution in [2.45, 2.75) is 44.2 Å². The molecule has 0 unspecified atom stereocenters. The van der Waals surface area contributed by atoms with Gasteiger partial charge in [-0.1, -0.05) is 30.7 Å². The van der Waals surface area contributed by atoms with E-state index in [0.29, 0.717) is 16.3 Å². The van der Waals surface area contributed by atoms with E-state index in [1.54, 1.807) is 18.2 Å². The number of anilines is 1. The van der Waals surface area contributed by atoms with Crippen LogP contribution in [0.25, 0.3) is 0 Å². The minimum Gasteiger partial charge on any atom is -0.481 e. The molecule has 0 spiro atoms. The van der Waals surface area contributed by atoms with E-state index >= 15 is 0 Å². The zero-order chi connectivity index (χ0) is 25.5. The first-order chi connectivity index (χ1) is 16.3. The molecule has 3 atom stereocenters. The van der Waals surface area contributed by atoms with Crippen molar-refractivity contribution in [3.8, 4) is 11.5 Å². The van der Waals surface area contributed by atoms with Crippen LogP contribution in [0.5, 0.6) is 11.5 Å². The Labute approximate surface area is 197 Å². The first-order valence-electron chi connectivity index (χ1n) is 11.7. The number of carboxylic acid groups (broad SMARTS) is 1. The highest BCUT2D eigenvalue weighted by atomic mass is 35.5. The number of halogens is 4. The van der Waals surface area contributed by atoms with Gasteiger partial charge in [-0.2, -0.15) is 13.2 Å². The first-order valence-corrected chi connectivity index (χ1v) is 11.1. The van der Waals surface area contributed by atoms with Crippen LogP contribution in [0.15, 0.2) is 36.4 Å². The van der Waals surface area contributed by atoms with Gasteiger partial charge in [0, 0.05) is 12.5 Å². The molecule has 0 aromatic heterocycles. The smallest absolute Gasteiger partial charge is 0.392 e. The topological polar surface area (TPSA) is 67.8 Å². The summed E-state index contributed by atoms with van der Waals surface area (Å²) in [4.78, 5) is 11.3. The summed E-state index contributed by atoms with van der Waals surface area (Å²) in [5, 5.41) is 12.6. The van der Waals surface area contributed by atoms with Gasteiger partial charge in [-0.25, -0.2) is 0 Å². The number of benzene rings is 2. The number of carboxylic acids is 1. The molecule has 0 bridgehead atoms. The number of fused-ring (bicyclic) bond motifs is 1. The third-order valence-corrected chi connectivity index (χ3v) is 6.67. The molecular weight excluding hydrogens is 459 g/mol. The van der Waals surface area contributed by atoms with E-state index in [-0.39, 0.29) is 36.3 Å². The van der Waals surface area contributed by atoms with E-state index in [9.17, 15) is 23.1 Å². The number of rotatable bonds is 9. The summed E-state index contributed by atoms with van der Waals surface area (Å²) in [5.41, 5.74) is 1.51. The molecule has 0 amide bonds. The van der Waals surface area contributed by atoms with E-state index in [1.165, 1.54) is 18.2 Å². The minimum absolute atomic E-state index is 0.0237. The number of hydrogen-bond donors (Lipinski definition) is 2. The van der Waals surface area contributed by atoms with Gasteiger partial charge >= 0.3 is 12.1 Å². The molecule has 2 aliphatic rings. The van der Waals surface area contributed by atoms with Crippen LogP contribution in [0.1, 0.15) is 51.9 Å². The highest BCUT2D eigenvalue weighted by Gasteiger charge is 2.42. The van der Waals surface area contributed by atoms with E-state index in [2.05, 4.69) is 5.32 Å². The van der Waals surface area contributed by atoms with Crippen LogP contribution >= 0.6 is 11.6 Å². The summed E-state index contributed by atoms with van der Waals surface area (Å²) < 4.78 is 66.4. The van der Waals surface area contributed by atoms with E-state index < -0.39 is 30.7 Å². The molecule has 4 rings (SSSR count). The molecule has 1 saturated carbocycles. The molecule has 33 heavy (non-hydrogen) atoms. The zero-order valence-electron chi connectivity index (χ0n) is 19.8. The van der Waals surface area contributed by atoms with Crippen molar-refractivity contribution < 1.29 is 35.3 Å². The van der Waals surface area contributed by atoms with E-state index in [4.69, 9.17) is 23.8 Å². The summed E-state index contributed by atoms with van der Waals surface area (Å²) in [6, 6.07) is 9.33. The van der Waals surface area contributed by atoms with E-state index in [0.717, 1.165) is 25.3 Å². The summed E-state index contributed by atoms with van der Waals surface area (Å²) in [6.45, 7) is -1.42. The monoisotopic (exact) mass is 485 g/mol. The maximum absolute atomic E-state index is 13.7. The van der Waals surface area contributed by atoms with Crippen molar-refractivity contribution in [2.24, 2.45) is 11.8 Å². The predicted molar refractivity (Wildman–Crippen MR) is 118 cm³/mol. The summed E-state index contributed by atoms with van der Waals surface area (Å²) >= 11 is 6.33. The van der Waals surface area contributed by atoms with Crippen LogP contribution in [0.4, 0.5) is 18.9 Å². The van der Waals surface area contributed by atoms with Crippen molar-refractivity contribution in [1.29, 1.82) is 0 Å². The normalized spacial score (nSPS) is 20.4. The van der Waals surface area contributed by atoms with Crippen LogP contribution in [0, 0.1) is 11.8 Å². The van der Waals surface area contributed by atoms with Crippen molar-refractivity contribution in [2.75, 3.05) is 18.6 Å². The number of aliphatic carboxylic acids is 1. The lowest BCUT2D eigenvalue weighted by atomic mass is 9.86. The van der Waals surface area contributed by atoms with Crippen molar-refractivity contribution >= 4 is 23.3 Å². The molecule has 178 valence electrons. The molecular formula is C24H25ClF3NO4. The third kappa shape index (κ3) is 5.49. The molecule has 0 radical (unpaired) electrons. The molecule has 2 N–H and O–H groups in total. The molecule has 2 aromatic carbocycles. The first kappa shape index (κ1) is 21.0. The molecule has 1 heterocycles. The lowest BCUT2D eigenvalue weighted by molar-refractivity contribution is -0.174. The molecule has 0 saturated heterocycles. The van der Waals surface area contributed by atoms with Gasteiger partial charge < -0.3 is 19.9 Å². The largest absolute Gasteiger partial charge is 0.481 e. The van der Waals surface area contributed by atoms with Crippen LogP contribution in [-0.2, 0) is 4.79 Å². The van der Waals surface area contributed by atoms with Crippen molar-refractivity contribution in [1.82, 2.24) is 0 Å². The van der Waals surface area contributed by atoms with Crippen molar-refractivity contribution in [3.63, 3.8) is 0 Å². The van der Waals surface area contributed by atoms with Gasteiger partial charge in [-0.05, 0) is 60.1 Å². The average molecular weight is 486 g/mol. The van der Waals surface area contributed by atoms with Gasteiger partial charge in [0.2, 0.25) is 6.75 Å². The highest BCUT2D eigenvalue weighted by molar-refractivity contribution is 6.33. The molecule has 1 fully saturated rings. The quantitative estimate of drug-likeness (QED) is 0.428. The lowest BCUT2D eigenvalue weighted by Crippen LogP contribution is -2.30. The van der Waals surface area contributed by atoms with Crippen LogP contribution in [0.2, 0.25) is 5.02 Å².